The zero-order valence-electron chi connectivity index (χ0n) is 18.2. The van der Waals surface area contributed by atoms with Gasteiger partial charge in [-0.25, -0.2) is 18.3 Å². The predicted molar refractivity (Wildman–Crippen MR) is 113 cm³/mol. The number of nitrogens with one attached hydrogen (secondary N) is 1. The number of hydrogen-bond donors (Lipinski definition) is 1. The maximum atomic E-state index is 13.8. The van der Waals surface area contributed by atoms with E-state index in [4.69, 9.17) is 4.74 Å². The van der Waals surface area contributed by atoms with Crippen LogP contribution in [0.1, 0.15) is 51.4 Å². The predicted octanol–water partition coefficient (Wildman–Crippen LogP) is 4.58. The average molecular weight is 505 g/mol. The van der Waals surface area contributed by atoms with Crippen molar-refractivity contribution in [3.05, 3.63) is 58.1 Å². The van der Waals surface area contributed by atoms with Gasteiger partial charge in [0.25, 0.3) is 12.3 Å². The molecule has 1 unspecified atom stereocenters. The Morgan fingerprint density at radius 2 is 1.88 bits per heavy atom. The molecule has 7 nitrogen and oxygen atoms in total. The summed E-state index contributed by atoms with van der Waals surface area (Å²) in [5.74, 6) is -2.93. The molecule has 2 heterocycles. The van der Waals surface area contributed by atoms with Crippen molar-refractivity contribution in [1.29, 1.82) is 0 Å². The number of halogens is 5. The average Bonchev–Trinajstić information content (AvgIpc) is 3.39. The molecule has 0 radical (unpaired) electrons. The Labute approximate surface area is 195 Å². The van der Waals surface area contributed by atoms with Gasteiger partial charge >= 0.3 is 12.1 Å². The van der Waals surface area contributed by atoms with Gasteiger partial charge in [0.05, 0.1) is 24.5 Å². The summed E-state index contributed by atoms with van der Waals surface area (Å²) in [6, 6.07) is 5.18. The normalized spacial score (nSPS) is 18.7. The van der Waals surface area contributed by atoms with Crippen molar-refractivity contribution in [3.63, 3.8) is 0 Å². The molecule has 0 aliphatic carbocycles. The highest BCUT2D eigenvalue weighted by Gasteiger charge is 2.58. The second-order valence-electron chi connectivity index (χ2n) is 7.40. The van der Waals surface area contributed by atoms with Crippen molar-refractivity contribution in [2.24, 2.45) is 7.05 Å². The first-order chi connectivity index (χ1) is 15.9. The fourth-order valence-corrected chi connectivity index (χ4v) is 4.22. The summed E-state index contributed by atoms with van der Waals surface area (Å²) in [6.07, 6.45) is -7.33. The summed E-state index contributed by atoms with van der Waals surface area (Å²) in [5, 5.41) is 7.20. The first-order valence-electron chi connectivity index (χ1n) is 9.79. The lowest BCUT2D eigenvalue weighted by Crippen LogP contribution is -2.50. The number of esters is 1. The number of hydrogen-bond acceptors (Lipinski definition) is 6. The highest BCUT2D eigenvalue weighted by Crippen LogP contribution is 2.44. The van der Waals surface area contributed by atoms with Crippen LogP contribution in [0.15, 0.2) is 35.7 Å². The largest absolute Gasteiger partial charge is 0.465 e. The Morgan fingerprint density at radius 1 is 1.24 bits per heavy atom. The van der Waals surface area contributed by atoms with Crippen molar-refractivity contribution in [2.75, 3.05) is 12.9 Å². The van der Waals surface area contributed by atoms with E-state index in [0.29, 0.717) is 10.2 Å². The number of ether oxygens (including phenoxy) is 2. The Hall–Kier alpha value is -3.09. The van der Waals surface area contributed by atoms with E-state index in [0.717, 1.165) is 24.9 Å². The molecule has 1 aromatic heterocycles. The molecule has 2 atom stereocenters. The van der Waals surface area contributed by atoms with Crippen LogP contribution >= 0.6 is 11.8 Å². The topological polar surface area (TPSA) is 82.5 Å². The molecule has 1 aliphatic heterocycles. The number of methoxy groups -OCH3 is 1. The van der Waals surface area contributed by atoms with Crippen LogP contribution in [0.4, 0.5) is 22.0 Å². The van der Waals surface area contributed by atoms with Gasteiger partial charge in [-0.3, -0.25) is 4.79 Å². The Balaban J connectivity index is 1.93. The van der Waals surface area contributed by atoms with E-state index in [1.807, 2.05) is 0 Å². The fourth-order valence-electron chi connectivity index (χ4n) is 3.24. The number of benzene rings is 1. The second kappa shape index (κ2) is 9.65. The lowest BCUT2D eigenvalue weighted by Gasteiger charge is -2.30. The van der Waals surface area contributed by atoms with Gasteiger partial charge < -0.3 is 14.8 Å². The van der Waals surface area contributed by atoms with Crippen molar-refractivity contribution >= 4 is 23.6 Å². The number of amides is 1. The Morgan fingerprint density at radius 3 is 2.38 bits per heavy atom. The van der Waals surface area contributed by atoms with Gasteiger partial charge in [-0.1, -0.05) is 12.1 Å². The number of aromatic nitrogens is 2. The highest BCUT2D eigenvalue weighted by molar-refractivity contribution is 8.02. The third-order valence-corrected chi connectivity index (χ3v) is 6.05. The van der Waals surface area contributed by atoms with Gasteiger partial charge in [0, 0.05) is 7.05 Å². The smallest absolute Gasteiger partial charge is 0.432 e. The van der Waals surface area contributed by atoms with Crippen molar-refractivity contribution < 1.29 is 41.0 Å². The molecule has 1 N–H and O–H groups in total. The summed E-state index contributed by atoms with van der Waals surface area (Å²) in [4.78, 5) is 24.5. The van der Waals surface area contributed by atoms with E-state index in [9.17, 15) is 31.5 Å². The van der Waals surface area contributed by atoms with Crippen molar-refractivity contribution in [1.82, 2.24) is 15.1 Å². The first kappa shape index (κ1) is 25.5. The third-order valence-electron chi connectivity index (χ3n) is 5.12. The minimum atomic E-state index is -4.87. The molecule has 1 aromatic carbocycles. The molecule has 0 bridgehead atoms. The lowest BCUT2D eigenvalue weighted by atomic mass is 10.1. The Kier molecular flexibility index (Phi) is 7.24. The van der Waals surface area contributed by atoms with Crippen molar-refractivity contribution in [2.45, 2.75) is 31.2 Å². The Bertz CT molecular complexity index is 1100. The number of thioether (sulfide) groups is 1. The molecule has 3 rings (SSSR count). The molecule has 184 valence electrons. The maximum Gasteiger partial charge on any atom is 0.432 e. The number of aryl methyl sites for hydroxylation is 1. The minimum Gasteiger partial charge on any atom is -0.465 e. The molecule has 1 amide bonds. The van der Waals surface area contributed by atoms with E-state index in [1.165, 1.54) is 43.7 Å². The maximum absolute atomic E-state index is 13.8. The van der Waals surface area contributed by atoms with Crippen LogP contribution in [0, 0.1) is 0 Å². The zero-order chi connectivity index (χ0) is 25.3. The lowest BCUT2D eigenvalue weighted by molar-refractivity contribution is -0.221. The summed E-state index contributed by atoms with van der Waals surface area (Å²) < 4.78 is 79.1. The van der Waals surface area contributed by atoms with E-state index in [2.05, 4.69) is 15.2 Å². The zero-order valence-corrected chi connectivity index (χ0v) is 19.0. The molecule has 0 saturated heterocycles. The monoisotopic (exact) mass is 505 g/mol. The molecular formula is C21H20F5N3O4S. The van der Waals surface area contributed by atoms with Gasteiger partial charge in [-0.15, -0.1) is 11.8 Å². The molecule has 1 aliphatic rings. The first-order valence-corrected chi connectivity index (χ1v) is 10.8. The van der Waals surface area contributed by atoms with Crippen LogP contribution in [-0.4, -0.2) is 46.3 Å². The van der Waals surface area contributed by atoms with Crippen molar-refractivity contribution in [3.8, 4) is 5.88 Å². The van der Waals surface area contributed by atoms with Gasteiger partial charge in [0.2, 0.25) is 11.5 Å². The molecule has 34 heavy (non-hydrogen) atoms. The van der Waals surface area contributed by atoms with Gasteiger partial charge in [0.1, 0.15) is 11.3 Å². The summed E-state index contributed by atoms with van der Waals surface area (Å²) in [7, 11) is 2.33. The number of carbonyl (C=O) groups is 2. The van der Waals surface area contributed by atoms with Crippen LogP contribution in [0.5, 0.6) is 5.88 Å². The number of nitrogens with zero attached hydrogens (tertiary/aromatic N) is 2. The minimum absolute atomic E-state index is 0.257. The molecule has 0 spiro atoms. The van der Waals surface area contributed by atoms with E-state index in [1.54, 1.807) is 0 Å². The summed E-state index contributed by atoms with van der Waals surface area (Å²) in [5.41, 5.74) is -3.82. The van der Waals surface area contributed by atoms with E-state index < -0.39 is 59.0 Å². The van der Waals surface area contributed by atoms with Crippen LogP contribution in [0.3, 0.4) is 0 Å². The van der Waals surface area contributed by atoms with Crippen LogP contribution in [-0.2, 0) is 11.8 Å². The standard InChI is InChI=1S/C21H20F5N3O4S/c1-11(12-4-6-13(7-5-12)19(31)32-3)27-17(30)14-15(16(22)23)28-29(2)18(14)33-20(21(24,25)26)8-9-34-10-20/h4-9,11,16H,10H2,1-3H3,(H,27,30)/t11-,20?/m0/s1. The molecule has 2 aromatic rings. The molecule has 0 saturated carbocycles. The van der Waals surface area contributed by atoms with Crippen LogP contribution in [0.25, 0.3) is 0 Å². The van der Waals surface area contributed by atoms with Gasteiger partial charge in [-0.05, 0) is 36.1 Å². The van der Waals surface area contributed by atoms with Crippen LogP contribution < -0.4 is 10.1 Å². The fraction of sp³-hybridized carbons (Fsp3) is 0.381. The van der Waals surface area contributed by atoms with Gasteiger partial charge in [-0.2, -0.15) is 18.3 Å². The molecule has 13 heteroatoms. The third kappa shape index (κ3) is 4.88. The second-order valence-corrected chi connectivity index (χ2v) is 8.30. The number of carbonyl (C=O) groups excluding carboxylic acids is 2. The summed E-state index contributed by atoms with van der Waals surface area (Å²) in [6.45, 7) is 1.54. The van der Waals surface area contributed by atoms with E-state index in [-0.39, 0.29) is 5.56 Å². The number of alkyl halides is 5. The number of rotatable bonds is 7. The summed E-state index contributed by atoms with van der Waals surface area (Å²) >= 11 is 0.836. The highest BCUT2D eigenvalue weighted by atomic mass is 32.2. The van der Waals surface area contributed by atoms with Gasteiger partial charge in [0.15, 0.2) is 0 Å². The van der Waals surface area contributed by atoms with Crippen LogP contribution in [0.2, 0.25) is 0 Å². The molecule has 0 fully saturated rings. The molecular weight excluding hydrogens is 485 g/mol. The SMILES string of the molecule is COC(=O)c1ccc([C@H](C)NC(=O)c2c(C(F)F)nn(C)c2OC2(C(F)(F)F)C=CSC2)cc1. The quantitative estimate of drug-likeness (QED) is 0.439. The van der Waals surface area contributed by atoms with E-state index >= 15 is 0 Å².